The first-order valence-corrected chi connectivity index (χ1v) is 10.3. The third-order valence-corrected chi connectivity index (χ3v) is 5.36. The Balaban J connectivity index is 1.56. The number of rotatable bonds is 8. The Hall–Kier alpha value is -2.74. The molecular formula is C22H26N4O2S. The molecule has 0 aliphatic heterocycles. The lowest BCUT2D eigenvalue weighted by Crippen LogP contribution is -2.39. The molecule has 0 fully saturated rings. The number of aromatic nitrogens is 1. The number of thiazole rings is 1. The van der Waals surface area contributed by atoms with Crippen LogP contribution in [0.2, 0.25) is 0 Å². The molecule has 0 aliphatic carbocycles. The molecule has 29 heavy (non-hydrogen) atoms. The molecule has 3 rings (SSSR count). The van der Waals surface area contributed by atoms with Crippen LogP contribution in [-0.4, -0.2) is 48.2 Å². The van der Waals surface area contributed by atoms with Crippen molar-refractivity contribution in [1.29, 1.82) is 0 Å². The summed E-state index contributed by atoms with van der Waals surface area (Å²) in [4.78, 5) is 18.6. The number of hydrogen-bond donors (Lipinski definition) is 3. The Morgan fingerprint density at radius 2 is 1.86 bits per heavy atom. The van der Waals surface area contributed by atoms with Crippen molar-refractivity contribution in [2.45, 2.75) is 6.10 Å². The summed E-state index contributed by atoms with van der Waals surface area (Å²) in [5, 5.41) is 19.4. The van der Waals surface area contributed by atoms with E-state index in [4.69, 9.17) is 0 Å². The van der Waals surface area contributed by atoms with Gasteiger partial charge in [0, 0.05) is 41.8 Å². The molecule has 7 heteroatoms. The third-order valence-electron chi connectivity index (χ3n) is 4.53. The van der Waals surface area contributed by atoms with E-state index in [1.807, 2.05) is 79.0 Å². The fraction of sp³-hybridized carbons (Fsp3) is 0.273. The van der Waals surface area contributed by atoms with Gasteiger partial charge in [-0.1, -0.05) is 30.3 Å². The molecule has 0 saturated carbocycles. The van der Waals surface area contributed by atoms with E-state index in [0.717, 1.165) is 16.1 Å². The van der Waals surface area contributed by atoms with Crippen LogP contribution in [0, 0.1) is 5.92 Å². The first-order chi connectivity index (χ1) is 14.0. The van der Waals surface area contributed by atoms with Crippen molar-refractivity contribution in [2.75, 3.05) is 32.5 Å². The van der Waals surface area contributed by atoms with Crippen molar-refractivity contribution in [1.82, 2.24) is 15.2 Å². The predicted octanol–water partition coefficient (Wildman–Crippen LogP) is 3.84. The van der Waals surface area contributed by atoms with E-state index in [9.17, 15) is 9.90 Å². The summed E-state index contributed by atoms with van der Waals surface area (Å²) < 4.78 is 0. The van der Waals surface area contributed by atoms with Crippen molar-refractivity contribution >= 4 is 23.1 Å². The maximum absolute atomic E-state index is 12.3. The van der Waals surface area contributed by atoms with Crippen molar-refractivity contribution in [3.63, 3.8) is 0 Å². The zero-order chi connectivity index (χ0) is 20.6. The number of nitrogens with one attached hydrogen (secondary N) is 2. The predicted molar refractivity (Wildman–Crippen MR) is 118 cm³/mol. The molecule has 2 aromatic carbocycles. The topological polar surface area (TPSA) is 77.5 Å². The number of carbonyl (C=O) groups excluding carboxylic acids is 1. The average molecular weight is 411 g/mol. The first kappa shape index (κ1) is 21.0. The number of anilines is 1. The largest absolute Gasteiger partial charge is 0.388 e. The number of nitrogens with zero attached hydrogens (tertiary/aromatic N) is 2. The number of urea groups is 1. The maximum Gasteiger partial charge on any atom is 0.319 e. The highest BCUT2D eigenvalue weighted by molar-refractivity contribution is 7.13. The minimum atomic E-state index is -0.656. The molecule has 1 aromatic heterocycles. The van der Waals surface area contributed by atoms with E-state index in [0.29, 0.717) is 18.8 Å². The maximum atomic E-state index is 12.3. The van der Waals surface area contributed by atoms with Crippen molar-refractivity contribution in [2.24, 2.45) is 5.92 Å². The van der Waals surface area contributed by atoms with Gasteiger partial charge >= 0.3 is 6.03 Å². The average Bonchev–Trinajstić information content (AvgIpc) is 3.26. The quantitative estimate of drug-likeness (QED) is 0.527. The second-order valence-electron chi connectivity index (χ2n) is 7.13. The van der Waals surface area contributed by atoms with E-state index < -0.39 is 6.10 Å². The van der Waals surface area contributed by atoms with Gasteiger partial charge in [-0.05, 0) is 43.9 Å². The number of aliphatic hydroxyl groups excluding tert-OH is 1. The summed E-state index contributed by atoms with van der Waals surface area (Å²) in [7, 11) is 3.91. The van der Waals surface area contributed by atoms with Crippen molar-refractivity contribution in [3.8, 4) is 10.6 Å². The Kier molecular flexibility index (Phi) is 7.35. The standard InChI is InChI=1S/C22H26N4O2S/c1-26(2)15-18(20(27)16-6-4-3-5-7-16)14-24-22(28)25-19-10-8-17(9-11-19)21-23-12-13-29-21/h3-13,18,20,27H,14-15H2,1-2H3,(H2,24,25,28). The van der Waals surface area contributed by atoms with E-state index in [1.54, 1.807) is 17.5 Å². The fourth-order valence-electron chi connectivity index (χ4n) is 3.13. The highest BCUT2D eigenvalue weighted by Gasteiger charge is 2.22. The van der Waals surface area contributed by atoms with Crippen LogP contribution in [0.15, 0.2) is 66.2 Å². The van der Waals surface area contributed by atoms with Gasteiger partial charge in [0.15, 0.2) is 0 Å². The van der Waals surface area contributed by atoms with Gasteiger partial charge in [-0.2, -0.15) is 0 Å². The van der Waals surface area contributed by atoms with Gasteiger partial charge in [-0.3, -0.25) is 0 Å². The van der Waals surface area contributed by atoms with Crippen LogP contribution in [-0.2, 0) is 0 Å². The van der Waals surface area contributed by atoms with Crippen molar-refractivity contribution in [3.05, 3.63) is 71.7 Å². The van der Waals surface area contributed by atoms with Crippen LogP contribution >= 0.6 is 11.3 Å². The Bertz CT molecular complexity index is 883. The summed E-state index contributed by atoms with van der Waals surface area (Å²) in [5.41, 5.74) is 2.57. The lowest BCUT2D eigenvalue weighted by molar-refractivity contribution is 0.0911. The molecule has 152 valence electrons. The molecule has 3 aromatic rings. The lowest BCUT2D eigenvalue weighted by atomic mass is 9.95. The normalized spacial score (nSPS) is 13.1. The summed E-state index contributed by atoms with van der Waals surface area (Å²) in [6, 6.07) is 16.8. The monoisotopic (exact) mass is 410 g/mol. The number of hydrogen-bond acceptors (Lipinski definition) is 5. The van der Waals surface area contributed by atoms with E-state index in [2.05, 4.69) is 15.6 Å². The van der Waals surface area contributed by atoms with Crippen molar-refractivity contribution < 1.29 is 9.90 Å². The van der Waals surface area contributed by atoms with Gasteiger partial charge in [0.05, 0.1) is 6.10 Å². The van der Waals surface area contributed by atoms with Crippen LogP contribution in [0.3, 0.4) is 0 Å². The Labute approximate surface area is 175 Å². The zero-order valence-electron chi connectivity index (χ0n) is 16.6. The second kappa shape index (κ2) is 10.2. The van der Waals surface area contributed by atoms with Crippen LogP contribution in [0.1, 0.15) is 11.7 Å². The summed E-state index contributed by atoms with van der Waals surface area (Å²) in [6.45, 7) is 1.01. The molecule has 0 saturated heterocycles. The molecule has 3 N–H and O–H groups in total. The summed E-state index contributed by atoms with van der Waals surface area (Å²) in [5.74, 6) is -0.134. The Morgan fingerprint density at radius 3 is 2.48 bits per heavy atom. The van der Waals surface area contributed by atoms with Crippen LogP contribution in [0.5, 0.6) is 0 Å². The zero-order valence-corrected chi connectivity index (χ0v) is 17.4. The molecule has 0 radical (unpaired) electrons. The summed E-state index contributed by atoms with van der Waals surface area (Å²) >= 11 is 1.57. The molecule has 0 spiro atoms. The van der Waals surface area contributed by atoms with Crippen LogP contribution < -0.4 is 10.6 Å². The highest BCUT2D eigenvalue weighted by Crippen LogP contribution is 2.24. The first-order valence-electron chi connectivity index (χ1n) is 9.45. The SMILES string of the molecule is CN(C)CC(CNC(=O)Nc1ccc(-c2nccs2)cc1)C(O)c1ccccc1. The third kappa shape index (κ3) is 6.12. The fourth-order valence-corrected chi connectivity index (χ4v) is 3.77. The minimum absolute atomic E-state index is 0.134. The van der Waals surface area contributed by atoms with E-state index in [1.165, 1.54) is 0 Å². The molecule has 2 unspecified atom stereocenters. The lowest BCUT2D eigenvalue weighted by Gasteiger charge is -2.26. The number of amides is 2. The van der Waals surface area contributed by atoms with Gasteiger partial charge in [0.2, 0.25) is 0 Å². The molecule has 2 amide bonds. The molecule has 0 bridgehead atoms. The number of aliphatic hydroxyl groups is 1. The molecule has 0 aliphatic rings. The summed E-state index contributed by atoms with van der Waals surface area (Å²) in [6.07, 6.45) is 1.12. The van der Waals surface area contributed by atoms with Gasteiger partial charge in [0.25, 0.3) is 0 Å². The van der Waals surface area contributed by atoms with E-state index >= 15 is 0 Å². The minimum Gasteiger partial charge on any atom is -0.388 e. The molecule has 6 nitrogen and oxygen atoms in total. The Morgan fingerprint density at radius 1 is 1.14 bits per heavy atom. The van der Waals surface area contributed by atoms with E-state index in [-0.39, 0.29) is 11.9 Å². The molecular weight excluding hydrogens is 384 g/mol. The number of carbonyl (C=O) groups is 1. The smallest absolute Gasteiger partial charge is 0.319 e. The van der Waals surface area contributed by atoms with Crippen LogP contribution in [0.25, 0.3) is 10.6 Å². The van der Waals surface area contributed by atoms with Gasteiger partial charge in [-0.25, -0.2) is 9.78 Å². The van der Waals surface area contributed by atoms with Gasteiger partial charge in [-0.15, -0.1) is 11.3 Å². The number of benzene rings is 2. The van der Waals surface area contributed by atoms with Crippen LogP contribution in [0.4, 0.5) is 10.5 Å². The van der Waals surface area contributed by atoms with Gasteiger partial charge in [0.1, 0.15) is 5.01 Å². The highest BCUT2D eigenvalue weighted by atomic mass is 32.1. The van der Waals surface area contributed by atoms with Gasteiger partial charge < -0.3 is 20.6 Å². The second-order valence-corrected chi connectivity index (χ2v) is 8.02. The molecule has 2 atom stereocenters. The molecule has 1 heterocycles.